The molecule has 1 N–H and O–H groups in total. The van der Waals surface area contributed by atoms with Crippen LogP contribution in [0.25, 0.3) is 0 Å². The van der Waals surface area contributed by atoms with Crippen LogP contribution >= 0.6 is 0 Å². The molecule has 1 aliphatic rings. The lowest BCUT2D eigenvalue weighted by Crippen LogP contribution is -2.48. The van der Waals surface area contributed by atoms with Crippen LogP contribution in [0, 0.1) is 10.1 Å². The molecule has 1 saturated heterocycles. The summed E-state index contributed by atoms with van der Waals surface area (Å²) in [6, 6.07) is 5.99. The molecule has 19 heavy (non-hydrogen) atoms. The maximum Gasteiger partial charge on any atom is 0.269 e. The Labute approximate surface area is 110 Å². The fourth-order valence-electron chi connectivity index (χ4n) is 1.81. The molecule has 0 spiro atoms. The van der Waals surface area contributed by atoms with Crippen LogP contribution < -0.4 is 5.43 Å². The Kier molecular flexibility index (Phi) is 4.43. The lowest BCUT2D eigenvalue weighted by Gasteiger charge is -2.26. The van der Waals surface area contributed by atoms with Gasteiger partial charge in [0.25, 0.3) is 5.69 Å². The minimum atomic E-state index is -0.461. The number of nitrogens with one attached hydrogen (secondary N) is 1. The van der Waals surface area contributed by atoms with Crippen LogP contribution in [0.2, 0.25) is 0 Å². The lowest BCUT2D eigenvalue weighted by molar-refractivity contribution is -0.384. The molecule has 1 fully saturated rings. The van der Waals surface area contributed by atoms with Gasteiger partial charge in [-0.1, -0.05) is 12.1 Å². The Bertz CT molecular complexity index is 455. The molecule has 1 heterocycles. The Morgan fingerprint density at radius 3 is 2.53 bits per heavy atom. The van der Waals surface area contributed by atoms with Crippen molar-refractivity contribution in [1.29, 1.82) is 0 Å². The van der Waals surface area contributed by atoms with E-state index < -0.39 is 4.92 Å². The average Bonchev–Trinajstić information content (AvgIpc) is 2.40. The number of hydrazine groups is 1. The first-order valence-electron chi connectivity index (χ1n) is 6.00. The van der Waals surface area contributed by atoms with Crippen molar-refractivity contribution in [1.82, 2.24) is 10.4 Å². The number of hydrogen-bond acceptors (Lipinski definition) is 5. The smallest absolute Gasteiger partial charge is 0.269 e. The molecule has 1 aromatic carbocycles. The van der Waals surface area contributed by atoms with E-state index in [-0.39, 0.29) is 18.0 Å². The predicted octanol–water partition coefficient (Wildman–Crippen LogP) is 0.501. The van der Waals surface area contributed by atoms with E-state index in [4.69, 9.17) is 4.74 Å². The summed E-state index contributed by atoms with van der Waals surface area (Å²) >= 11 is 0. The van der Waals surface area contributed by atoms with Gasteiger partial charge in [0.05, 0.1) is 24.6 Å². The summed E-state index contributed by atoms with van der Waals surface area (Å²) in [5, 5.41) is 12.3. The fourth-order valence-corrected chi connectivity index (χ4v) is 1.81. The van der Waals surface area contributed by atoms with Gasteiger partial charge in [0.15, 0.2) is 0 Å². The second kappa shape index (κ2) is 6.26. The summed E-state index contributed by atoms with van der Waals surface area (Å²) in [7, 11) is 0. The number of ether oxygens (including phenoxy) is 1. The zero-order chi connectivity index (χ0) is 13.7. The Balaban J connectivity index is 1.85. The third kappa shape index (κ3) is 4.01. The Morgan fingerprint density at radius 2 is 1.95 bits per heavy atom. The van der Waals surface area contributed by atoms with Gasteiger partial charge in [0, 0.05) is 25.2 Å². The second-order valence-corrected chi connectivity index (χ2v) is 4.23. The van der Waals surface area contributed by atoms with Crippen LogP contribution in [-0.2, 0) is 16.0 Å². The molecule has 0 saturated carbocycles. The summed E-state index contributed by atoms with van der Waals surface area (Å²) in [5.74, 6) is -0.129. The third-order valence-electron chi connectivity index (χ3n) is 2.81. The fraction of sp³-hybridized carbons (Fsp3) is 0.417. The molecular formula is C12H15N3O4. The Hall–Kier alpha value is -1.99. The first-order valence-corrected chi connectivity index (χ1v) is 6.00. The molecule has 0 bridgehead atoms. The number of nitro groups is 1. The quantitative estimate of drug-likeness (QED) is 0.633. The average molecular weight is 265 g/mol. The number of carbonyl (C=O) groups is 1. The minimum absolute atomic E-state index is 0.0253. The van der Waals surface area contributed by atoms with E-state index in [1.807, 2.05) is 5.01 Å². The first-order chi connectivity index (χ1) is 9.15. The number of hydrogen-bond donors (Lipinski definition) is 1. The van der Waals surface area contributed by atoms with Crippen LogP contribution in [0.1, 0.15) is 5.56 Å². The van der Waals surface area contributed by atoms with Gasteiger partial charge in [-0.25, -0.2) is 5.01 Å². The van der Waals surface area contributed by atoms with Crippen LogP contribution in [0.5, 0.6) is 0 Å². The molecular weight excluding hydrogens is 250 g/mol. The largest absolute Gasteiger partial charge is 0.379 e. The number of benzene rings is 1. The molecule has 0 atom stereocenters. The van der Waals surface area contributed by atoms with E-state index in [1.54, 1.807) is 12.1 Å². The number of rotatable bonds is 4. The molecule has 1 amide bonds. The molecule has 1 aliphatic heterocycles. The SMILES string of the molecule is O=C(Cc1ccc([N+](=O)[O-])cc1)NN1CCOCC1. The molecule has 2 rings (SSSR count). The van der Waals surface area contributed by atoms with Gasteiger partial charge < -0.3 is 4.74 Å². The first kappa shape index (κ1) is 13.4. The summed E-state index contributed by atoms with van der Waals surface area (Å²) in [6.07, 6.45) is 0.204. The number of carbonyl (C=O) groups excluding carboxylic acids is 1. The minimum Gasteiger partial charge on any atom is -0.379 e. The molecule has 1 aromatic rings. The topological polar surface area (TPSA) is 84.7 Å². The van der Waals surface area contributed by atoms with Crippen molar-refractivity contribution in [2.75, 3.05) is 26.3 Å². The van der Waals surface area contributed by atoms with E-state index in [0.29, 0.717) is 26.3 Å². The van der Waals surface area contributed by atoms with Crippen molar-refractivity contribution in [3.63, 3.8) is 0 Å². The van der Waals surface area contributed by atoms with Crippen LogP contribution in [0.3, 0.4) is 0 Å². The van der Waals surface area contributed by atoms with Crippen molar-refractivity contribution in [2.24, 2.45) is 0 Å². The summed E-state index contributed by atoms with van der Waals surface area (Å²) in [6.45, 7) is 2.56. The van der Waals surface area contributed by atoms with Crippen molar-refractivity contribution in [2.45, 2.75) is 6.42 Å². The molecule has 7 heteroatoms. The van der Waals surface area contributed by atoms with E-state index in [9.17, 15) is 14.9 Å². The zero-order valence-corrected chi connectivity index (χ0v) is 10.4. The number of non-ortho nitro benzene ring substituents is 1. The predicted molar refractivity (Wildman–Crippen MR) is 67.3 cm³/mol. The monoisotopic (exact) mass is 265 g/mol. The lowest BCUT2D eigenvalue weighted by atomic mass is 10.1. The van der Waals surface area contributed by atoms with Gasteiger partial charge in [-0.2, -0.15) is 0 Å². The number of nitro benzene ring substituents is 1. The van der Waals surface area contributed by atoms with Gasteiger partial charge in [0.2, 0.25) is 5.91 Å². The molecule has 0 unspecified atom stereocenters. The third-order valence-corrected chi connectivity index (χ3v) is 2.81. The van der Waals surface area contributed by atoms with E-state index in [1.165, 1.54) is 12.1 Å². The van der Waals surface area contributed by atoms with Crippen LogP contribution in [0.15, 0.2) is 24.3 Å². The highest BCUT2D eigenvalue weighted by molar-refractivity contribution is 5.78. The highest BCUT2D eigenvalue weighted by Gasteiger charge is 2.13. The number of morpholine rings is 1. The normalized spacial score (nSPS) is 16.0. The van der Waals surface area contributed by atoms with E-state index in [2.05, 4.69) is 5.43 Å². The molecule has 7 nitrogen and oxygen atoms in total. The van der Waals surface area contributed by atoms with Gasteiger partial charge in [-0.05, 0) is 5.56 Å². The highest BCUT2D eigenvalue weighted by Crippen LogP contribution is 2.12. The van der Waals surface area contributed by atoms with Gasteiger partial charge in [0.1, 0.15) is 0 Å². The molecule has 0 aliphatic carbocycles. The van der Waals surface area contributed by atoms with Crippen molar-refractivity contribution in [3.8, 4) is 0 Å². The molecule has 0 radical (unpaired) electrons. The van der Waals surface area contributed by atoms with Gasteiger partial charge in [-0.15, -0.1) is 0 Å². The maximum absolute atomic E-state index is 11.8. The zero-order valence-electron chi connectivity index (χ0n) is 10.4. The van der Waals surface area contributed by atoms with Crippen molar-refractivity contribution >= 4 is 11.6 Å². The Morgan fingerprint density at radius 1 is 1.32 bits per heavy atom. The van der Waals surface area contributed by atoms with E-state index >= 15 is 0 Å². The number of nitrogens with zero attached hydrogens (tertiary/aromatic N) is 2. The summed E-state index contributed by atoms with van der Waals surface area (Å²) in [4.78, 5) is 21.8. The van der Waals surface area contributed by atoms with Crippen LogP contribution in [0.4, 0.5) is 5.69 Å². The molecule has 102 valence electrons. The van der Waals surface area contributed by atoms with Crippen LogP contribution in [-0.4, -0.2) is 42.1 Å². The highest BCUT2D eigenvalue weighted by atomic mass is 16.6. The van der Waals surface area contributed by atoms with E-state index in [0.717, 1.165) is 5.56 Å². The standard InChI is InChI=1S/C12H15N3O4/c16-12(13-14-5-7-19-8-6-14)9-10-1-3-11(4-2-10)15(17)18/h1-4H,5-9H2,(H,13,16). The number of amides is 1. The maximum atomic E-state index is 11.8. The van der Waals surface area contributed by atoms with Gasteiger partial charge >= 0.3 is 0 Å². The molecule has 0 aromatic heterocycles. The summed E-state index contributed by atoms with van der Waals surface area (Å²) < 4.78 is 5.18. The second-order valence-electron chi connectivity index (χ2n) is 4.23. The van der Waals surface area contributed by atoms with Crippen molar-refractivity contribution in [3.05, 3.63) is 39.9 Å². The van der Waals surface area contributed by atoms with Gasteiger partial charge in [-0.3, -0.25) is 20.3 Å². The van der Waals surface area contributed by atoms with Crippen molar-refractivity contribution < 1.29 is 14.5 Å². The summed E-state index contributed by atoms with van der Waals surface area (Å²) in [5.41, 5.74) is 3.56.